The molecule has 1 aromatic carbocycles. The van der Waals surface area contributed by atoms with E-state index in [0.717, 1.165) is 32.2 Å². The number of carbonyl (C=O) groups is 2. The molecule has 1 unspecified atom stereocenters. The molecule has 3 heterocycles. The van der Waals surface area contributed by atoms with Crippen LogP contribution in [0, 0.1) is 5.82 Å². The van der Waals surface area contributed by atoms with E-state index in [4.69, 9.17) is 4.84 Å². The van der Waals surface area contributed by atoms with Gasteiger partial charge in [-0.15, -0.1) is 0 Å². The second kappa shape index (κ2) is 12.4. The quantitative estimate of drug-likeness (QED) is 0.584. The molecule has 38 heavy (non-hydrogen) atoms. The number of hydrogen-bond acceptors (Lipinski definition) is 7. The van der Waals surface area contributed by atoms with E-state index in [1.54, 1.807) is 6.07 Å². The van der Waals surface area contributed by atoms with Gasteiger partial charge in [0.25, 0.3) is 0 Å². The van der Waals surface area contributed by atoms with Gasteiger partial charge in [0, 0.05) is 77.3 Å². The zero-order chi connectivity index (χ0) is 26.5. The molecule has 1 aromatic rings. The number of halogens is 1. The first-order valence-electron chi connectivity index (χ1n) is 14.2. The van der Waals surface area contributed by atoms with Gasteiger partial charge in [0.1, 0.15) is 11.9 Å². The number of hydrogen-bond donors (Lipinski definition) is 1. The Bertz CT molecular complexity index is 1010. The average molecular weight is 529 g/mol. The van der Waals surface area contributed by atoms with Gasteiger partial charge in [-0.2, -0.15) is 0 Å². The molecule has 4 aliphatic rings. The molecule has 2 amide bonds. The molecule has 0 radical (unpaired) electrons. The van der Waals surface area contributed by atoms with E-state index in [1.165, 1.54) is 45.1 Å². The Morgan fingerprint density at radius 2 is 1.76 bits per heavy atom. The van der Waals surface area contributed by atoms with E-state index in [2.05, 4.69) is 20.3 Å². The Morgan fingerprint density at radius 3 is 2.45 bits per heavy atom. The van der Waals surface area contributed by atoms with Gasteiger partial charge < -0.3 is 20.0 Å². The van der Waals surface area contributed by atoms with Crippen LogP contribution in [0.3, 0.4) is 0 Å². The molecule has 1 saturated carbocycles. The maximum absolute atomic E-state index is 15.1. The van der Waals surface area contributed by atoms with Crippen LogP contribution < -0.4 is 10.2 Å². The lowest BCUT2D eigenvalue weighted by molar-refractivity contribution is -0.133. The Hall–Kier alpha value is -2.72. The van der Waals surface area contributed by atoms with Gasteiger partial charge in [-0.25, -0.2) is 4.39 Å². The van der Waals surface area contributed by atoms with E-state index in [1.807, 2.05) is 15.9 Å². The largest absolute Gasteiger partial charge is 0.390 e. The molecule has 9 nitrogen and oxygen atoms in total. The standard InChI is InChI=1S/C28H41FN6O3/c1-21(36)30-19-24-18-26(31-38-24)22-7-8-27(25(29)17-22)34-13-15-35(16-14-34)28(37)20-32-9-11-33(12-10-32)23-5-3-2-4-6-23/h7-8,17,23-24H,2-6,9-16,18-20H2,1H3,(H,30,36). The summed E-state index contributed by atoms with van der Waals surface area (Å²) in [6, 6.07) is 5.90. The highest BCUT2D eigenvalue weighted by Gasteiger charge is 2.29. The smallest absolute Gasteiger partial charge is 0.236 e. The molecule has 0 bridgehead atoms. The molecule has 0 aromatic heterocycles. The summed E-state index contributed by atoms with van der Waals surface area (Å²) < 4.78 is 15.1. The van der Waals surface area contributed by atoms with Crippen molar-refractivity contribution in [1.29, 1.82) is 0 Å². The maximum Gasteiger partial charge on any atom is 0.236 e. The van der Waals surface area contributed by atoms with Crippen molar-refractivity contribution in [2.75, 3.05) is 70.3 Å². The Labute approximate surface area is 224 Å². The summed E-state index contributed by atoms with van der Waals surface area (Å²) in [5.41, 5.74) is 1.92. The van der Waals surface area contributed by atoms with E-state index in [-0.39, 0.29) is 23.7 Å². The third-order valence-corrected chi connectivity index (χ3v) is 8.42. The monoisotopic (exact) mass is 528 g/mol. The molecule has 208 valence electrons. The van der Waals surface area contributed by atoms with Gasteiger partial charge in [-0.3, -0.25) is 19.4 Å². The lowest BCUT2D eigenvalue weighted by Gasteiger charge is -2.41. The number of amides is 2. The van der Waals surface area contributed by atoms with Gasteiger partial charge in [-0.1, -0.05) is 30.5 Å². The van der Waals surface area contributed by atoms with Crippen LogP contribution >= 0.6 is 0 Å². The van der Waals surface area contributed by atoms with E-state index < -0.39 is 0 Å². The summed E-state index contributed by atoms with van der Waals surface area (Å²) in [6.07, 6.45) is 7.04. The molecule has 3 fully saturated rings. The van der Waals surface area contributed by atoms with Crippen LogP contribution in [0.5, 0.6) is 0 Å². The van der Waals surface area contributed by atoms with Gasteiger partial charge in [0.05, 0.1) is 24.5 Å². The molecular formula is C28H41FN6O3. The van der Waals surface area contributed by atoms with Gasteiger partial charge >= 0.3 is 0 Å². The number of piperazine rings is 2. The number of benzene rings is 1. The molecule has 3 aliphatic heterocycles. The van der Waals surface area contributed by atoms with Crippen molar-refractivity contribution >= 4 is 23.2 Å². The van der Waals surface area contributed by atoms with Crippen molar-refractivity contribution in [2.24, 2.45) is 5.16 Å². The number of nitrogens with zero attached hydrogens (tertiary/aromatic N) is 5. The fourth-order valence-electron chi connectivity index (χ4n) is 6.13. The van der Waals surface area contributed by atoms with Crippen LogP contribution in [0.1, 0.15) is 51.0 Å². The van der Waals surface area contributed by atoms with Crippen LogP contribution in [-0.4, -0.2) is 110 Å². The second-order valence-corrected chi connectivity index (χ2v) is 11.0. The number of rotatable bonds is 7. The van der Waals surface area contributed by atoms with Gasteiger partial charge in [0.15, 0.2) is 0 Å². The zero-order valence-corrected chi connectivity index (χ0v) is 22.5. The summed E-state index contributed by atoms with van der Waals surface area (Å²) in [4.78, 5) is 38.3. The predicted molar refractivity (Wildman–Crippen MR) is 145 cm³/mol. The normalized spacial score (nSPS) is 23.7. The summed E-state index contributed by atoms with van der Waals surface area (Å²) in [6.45, 7) is 8.80. The maximum atomic E-state index is 15.1. The second-order valence-electron chi connectivity index (χ2n) is 11.0. The van der Waals surface area contributed by atoms with Crippen molar-refractivity contribution in [3.8, 4) is 0 Å². The first-order valence-corrected chi connectivity index (χ1v) is 14.2. The highest BCUT2D eigenvalue weighted by molar-refractivity contribution is 6.01. The topological polar surface area (TPSA) is 80.7 Å². The van der Waals surface area contributed by atoms with Crippen molar-refractivity contribution in [3.63, 3.8) is 0 Å². The highest BCUT2D eigenvalue weighted by Crippen LogP contribution is 2.26. The lowest BCUT2D eigenvalue weighted by Crippen LogP contribution is -2.55. The molecular weight excluding hydrogens is 487 g/mol. The lowest BCUT2D eigenvalue weighted by atomic mass is 9.94. The van der Waals surface area contributed by atoms with Gasteiger partial charge in [-0.05, 0) is 25.0 Å². The zero-order valence-electron chi connectivity index (χ0n) is 22.5. The van der Waals surface area contributed by atoms with Gasteiger partial charge in [0.2, 0.25) is 11.8 Å². The number of nitrogens with one attached hydrogen (secondary N) is 1. The molecule has 2 saturated heterocycles. The molecule has 1 aliphatic carbocycles. The summed E-state index contributed by atoms with van der Waals surface area (Å²) in [5.74, 6) is -0.238. The fourth-order valence-corrected chi connectivity index (χ4v) is 6.13. The molecule has 10 heteroatoms. The number of oxime groups is 1. The molecule has 1 N–H and O–H groups in total. The SMILES string of the molecule is CC(=O)NCC1CC(c2ccc(N3CCN(C(=O)CN4CCN(C5CCCCC5)CC4)CC3)c(F)c2)=NO1. The Kier molecular flexibility index (Phi) is 8.79. The summed E-state index contributed by atoms with van der Waals surface area (Å²) in [7, 11) is 0. The minimum absolute atomic E-state index is 0.119. The van der Waals surface area contributed by atoms with Crippen molar-refractivity contribution < 1.29 is 18.8 Å². The predicted octanol–water partition coefficient (Wildman–Crippen LogP) is 2.05. The van der Waals surface area contributed by atoms with Crippen molar-refractivity contribution in [3.05, 3.63) is 29.6 Å². The summed E-state index contributed by atoms with van der Waals surface area (Å²) in [5, 5.41) is 6.81. The first-order chi connectivity index (χ1) is 18.5. The van der Waals surface area contributed by atoms with E-state index in [9.17, 15) is 9.59 Å². The first kappa shape index (κ1) is 26.9. The van der Waals surface area contributed by atoms with Crippen LogP contribution in [0.15, 0.2) is 23.4 Å². The molecule has 5 rings (SSSR count). The third kappa shape index (κ3) is 6.64. The van der Waals surface area contributed by atoms with E-state index in [0.29, 0.717) is 62.7 Å². The number of carbonyl (C=O) groups excluding carboxylic acids is 2. The van der Waals surface area contributed by atoms with Crippen LogP contribution in [-0.2, 0) is 14.4 Å². The minimum Gasteiger partial charge on any atom is -0.390 e. The summed E-state index contributed by atoms with van der Waals surface area (Å²) >= 11 is 0. The highest BCUT2D eigenvalue weighted by atomic mass is 19.1. The fraction of sp³-hybridized carbons (Fsp3) is 0.679. The average Bonchev–Trinajstić information content (AvgIpc) is 3.42. The number of anilines is 1. The Morgan fingerprint density at radius 1 is 1.03 bits per heavy atom. The van der Waals surface area contributed by atoms with Crippen molar-refractivity contribution in [2.45, 2.75) is 57.6 Å². The minimum atomic E-state index is -0.300. The van der Waals surface area contributed by atoms with Crippen molar-refractivity contribution in [1.82, 2.24) is 20.0 Å². The van der Waals surface area contributed by atoms with Crippen LogP contribution in [0.25, 0.3) is 0 Å². The van der Waals surface area contributed by atoms with Crippen LogP contribution in [0.4, 0.5) is 10.1 Å². The molecule has 0 spiro atoms. The van der Waals surface area contributed by atoms with E-state index >= 15 is 4.39 Å². The molecule has 1 atom stereocenters. The Balaban J connectivity index is 1.06. The van der Waals surface area contributed by atoms with Crippen LogP contribution in [0.2, 0.25) is 0 Å². The third-order valence-electron chi connectivity index (χ3n) is 8.42.